The van der Waals surface area contributed by atoms with Crippen LogP contribution < -0.4 is 4.74 Å². The number of carbonyl (C=O) groups excluding carboxylic acids is 1. The van der Waals surface area contributed by atoms with Gasteiger partial charge in [-0.1, -0.05) is 39.7 Å². The number of benzene rings is 2. The van der Waals surface area contributed by atoms with Gasteiger partial charge in [-0.15, -0.1) is 11.8 Å². The van der Waals surface area contributed by atoms with Crippen LogP contribution in [0.15, 0.2) is 33.6 Å². The monoisotopic (exact) mass is 414 g/mol. The first kappa shape index (κ1) is 16.8. The number of hydrogen-bond acceptors (Lipinski definition) is 3. The average molecular weight is 416 g/mol. The predicted octanol–water partition coefficient (Wildman–Crippen LogP) is 5.84. The van der Waals surface area contributed by atoms with Crippen molar-refractivity contribution in [3.8, 4) is 5.75 Å². The van der Waals surface area contributed by atoms with E-state index in [0.29, 0.717) is 11.2 Å². The number of thioether (sulfide) groups is 1. The van der Waals surface area contributed by atoms with Crippen molar-refractivity contribution >= 4 is 45.6 Å². The zero-order valence-corrected chi connectivity index (χ0v) is 15.4. The summed E-state index contributed by atoms with van der Waals surface area (Å²) in [4.78, 5) is 11.4. The van der Waals surface area contributed by atoms with Gasteiger partial charge in [-0.3, -0.25) is 4.79 Å². The van der Waals surface area contributed by atoms with Gasteiger partial charge in [-0.2, -0.15) is 0 Å². The largest absolute Gasteiger partial charge is 0.493 e. The summed E-state index contributed by atoms with van der Waals surface area (Å²) in [7, 11) is 1.34. The predicted molar refractivity (Wildman–Crippen MR) is 94.4 cm³/mol. The Labute approximate surface area is 151 Å². The molecule has 1 atom stereocenters. The molecule has 0 spiro atoms. The first-order valence-electron chi connectivity index (χ1n) is 7.02. The normalized spacial score (nSPS) is 16.3. The highest BCUT2D eigenvalue weighted by molar-refractivity contribution is 9.10. The first-order valence-corrected chi connectivity index (χ1v) is 9.07. The molecule has 23 heavy (non-hydrogen) atoms. The summed E-state index contributed by atoms with van der Waals surface area (Å²) < 4.78 is 20.8. The molecule has 0 heterocycles. The van der Waals surface area contributed by atoms with Crippen LogP contribution in [0.1, 0.15) is 33.2 Å². The summed E-state index contributed by atoms with van der Waals surface area (Å²) in [6, 6.07) is 7.51. The van der Waals surface area contributed by atoms with Crippen LogP contribution in [0.2, 0.25) is 5.02 Å². The Kier molecular flexibility index (Phi) is 4.99. The van der Waals surface area contributed by atoms with Gasteiger partial charge in [0.05, 0.1) is 22.6 Å². The molecule has 1 aliphatic rings. The molecular weight excluding hydrogens is 403 g/mol. The van der Waals surface area contributed by atoms with E-state index in [1.54, 1.807) is 0 Å². The molecule has 2 nitrogen and oxygen atoms in total. The van der Waals surface area contributed by atoms with Gasteiger partial charge in [0, 0.05) is 9.72 Å². The quantitative estimate of drug-likeness (QED) is 0.587. The molecule has 1 unspecified atom stereocenters. The number of rotatable bonds is 4. The van der Waals surface area contributed by atoms with E-state index in [9.17, 15) is 9.18 Å². The minimum absolute atomic E-state index is 0.0561. The molecule has 0 aliphatic heterocycles. The first-order chi connectivity index (χ1) is 11.1. The Balaban J connectivity index is 2.00. The highest BCUT2D eigenvalue weighted by atomic mass is 79.9. The fourth-order valence-corrected chi connectivity index (χ4v) is 4.99. The van der Waals surface area contributed by atoms with E-state index >= 15 is 0 Å². The number of aldehydes is 1. The molecule has 1 aliphatic carbocycles. The minimum atomic E-state index is -0.574. The van der Waals surface area contributed by atoms with Gasteiger partial charge in [0.15, 0.2) is 17.9 Å². The van der Waals surface area contributed by atoms with Crippen molar-refractivity contribution in [3.05, 3.63) is 56.3 Å². The van der Waals surface area contributed by atoms with E-state index in [-0.39, 0.29) is 21.6 Å². The van der Waals surface area contributed by atoms with E-state index in [1.165, 1.54) is 36.1 Å². The topological polar surface area (TPSA) is 26.3 Å². The van der Waals surface area contributed by atoms with Crippen molar-refractivity contribution in [2.75, 3.05) is 7.11 Å². The van der Waals surface area contributed by atoms with Crippen LogP contribution in [0.25, 0.3) is 0 Å². The van der Waals surface area contributed by atoms with Crippen molar-refractivity contribution in [2.24, 2.45) is 0 Å². The van der Waals surface area contributed by atoms with Gasteiger partial charge >= 0.3 is 0 Å². The van der Waals surface area contributed by atoms with Gasteiger partial charge in [0.2, 0.25) is 0 Å². The molecule has 6 heteroatoms. The SMILES string of the molecule is COc1c(C=O)cc(Cl)c(SC2CCc3c(Br)cccc32)c1F. The van der Waals surface area contributed by atoms with Gasteiger partial charge in [-0.25, -0.2) is 4.39 Å². The second-order valence-corrected chi connectivity index (χ2v) is 7.67. The number of methoxy groups -OCH3 is 1. The molecule has 3 rings (SSSR count). The standard InChI is InChI=1S/C17H13BrClFO2S/c1-22-16-9(8-21)7-13(19)17(15(16)20)23-14-6-5-10-11(14)3-2-4-12(10)18/h2-4,7-8,14H,5-6H2,1H3. The van der Waals surface area contributed by atoms with Crippen LogP contribution in [-0.4, -0.2) is 13.4 Å². The Morgan fingerprint density at radius 2 is 2.26 bits per heavy atom. The van der Waals surface area contributed by atoms with Crippen molar-refractivity contribution < 1.29 is 13.9 Å². The lowest BCUT2D eigenvalue weighted by atomic mass is 10.1. The Bertz CT molecular complexity index is 782. The van der Waals surface area contributed by atoms with Crippen LogP contribution in [0.4, 0.5) is 4.39 Å². The summed E-state index contributed by atoms with van der Waals surface area (Å²) in [6.45, 7) is 0. The molecule has 0 bridgehead atoms. The zero-order chi connectivity index (χ0) is 16.6. The molecular formula is C17H13BrClFO2S. The molecule has 0 aromatic heterocycles. The maximum atomic E-state index is 14.7. The molecule has 120 valence electrons. The van der Waals surface area contributed by atoms with Gasteiger partial charge in [0.25, 0.3) is 0 Å². The van der Waals surface area contributed by atoms with Crippen LogP contribution >= 0.6 is 39.3 Å². The number of fused-ring (bicyclic) bond motifs is 1. The highest BCUT2D eigenvalue weighted by Crippen LogP contribution is 2.50. The van der Waals surface area contributed by atoms with E-state index in [0.717, 1.165) is 17.3 Å². The third-order valence-corrected chi connectivity index (χ3v) is 6.47. The van der Waals surface area contributed by atoms with Crippen molar-refractivity contribution in [1.82, 2.24) is 0 Å². The van der Waals surface area contributed by atoms with Crippen molar-refractivity contribution in [3.63, 3.8) is 0 Å². The Morgan fingerprint density at radius 3 is 2.96 bits per heavy atom. The van der Waals surface area contributed by atoms with Crippen LogP contribution in [-0.2, 0) is 6.42 Å². The Morgan fingerprint density at radius 1 is 1.48 bits per heavy atom. The minimum Gasteiger partial charge on any atom is -0.493 e. The second kappa shape index (κ2) is 6.83. The maximum absolute atomic E-state index is 14.7. The highest BCUT2D eigenvalue weighted by Gasteiger charge is 2.28. The van der Waals surface area contributed by atoms with E-state index < -0.39 is 5.82 Å². The average Bonchev–Trinajstić information content (AvgIpc) is 2.95. The van der Waals surface area contributed by atoms with Crippen molar-refractivity contribution in [2.45, 2.75) is 23.0 Å². The van der Waals surface area contributed by atoms with Crippen LogP contribution in [0.3, 0.4) is 0 Å². The molecule has 0 fully saturated rings. The summed E-state index contributed by atoms with van der Waals surface area (Å²) in [5.41, 5.74) is 2.57. The fourth-order valence-electron chi connectivity index (χ4n) is 2.84. The summed E-state index contributed by atoms with van der Waals surface area (Å²) in [5.74, 6) is -0.630. The number of hydrogen-bond donors (Lipinski definition) is 0. The third kappa shape index (κ3) is 3.02. The van der Waals surface area contributed by atoms with E-state index in [2.05, 4.69) is 22.0 Å². The lowest BCUT2D eigenvalue weighted by Crippen LogP contribution is -1.99. The van der Waals surface area contributed by atoms with E-state index in [4.69, 9.17) is 16.3 Å². The summed E-state index contributed by atoms with van der Waals surface area (Å²) in [6.07, 6.45) is 2.40. The van der Waals surface area contributed by atoms with Crippen LogP contribution in [0, 0.1) is 5.82 Å². The smallest absolute Gasteiger partial charge is 0.180 e. The lowest BCUT2D eigenvalue weighted by Gasteiger charge is -2.16. The van der Waals surface area contributed by atoms with E-state index in [1.807, 2.05) is 12.1 Å². The number of halogens is 3. The third-order valence-electron chi connectivity index (χ3n) is 3.91. The maximum Gasteiger partial charge on any atom is 0.180 e. The summed E-state index contributed by atoms with van der Waals surface area (Å²) in [5, 5.41) is 0.361. The van der Waals surface area contributed by atoms with Crippen molar-refractivity contribution in [1.29, 1.82) is 0 Å². The van der Waals surface area contributed by atoms with Gasteiger partial charge in [-0.05, 0) is 36.1 Å². The second-order valence-electron chi connectivity index (χ2n) is 5.19. The van der Waals surface area contributed by atoms with Crippen LogP contribution in [0.5, 0.6) is 5.75 Å². The number of ether oxygens (including phenoxy) is 1. The zero-order valence-electron chi connectivity index (χ0n) is 12.2. The fraction of sp³-hybridized carbons (Fsp3) is 0.235. The molecule has 0 saturated carbocycles. The molecule has 0 N–H and O–H groups in total. The molecule has 2 aromatic rings. The molecule has 0 amide bonds. The number of carbonyl (C=O) groups is 1. The Hall–Kier alpha value is -1.04. The summed E-state index contributed by atoms with van der Waals surface area (Å²) >= 11 is 11.1. The molecule has 2 aromatic carbocycles. The molecule has 0 radical (unpaired) electrons. The van der Waals surface area contributed by atoms with Gasteiger partial charge in [0.1, 0.15) is 0 Å². The van der Waals surface area contributed by atoms with Gasteiger partial charge < -0.3 is 4.74 Å². The molecule has 0 saturated heterocycles. The lowest BCUT2D eigenvalue weighted by molar-refractivity contribution is 0.111.